The van der Waals surface area contributed by atoms with Crippen molar-refractivity contribution in [1.82, 2.24) is 5.32 Å². The van der Waals surface area contributed by atoms with Gasteiger partial charge in [-0.2, -0.15) is 0 Å². The van der Waals surface area contributed by atoms with Gasteiger partial charge in [-0.05, 0) is 13.8 Å². The number of rotatable bonds is 5. The van der Waals surface area contributed by atoms with Crippen molar-refractivity contribution in [1.29, 1.82) is 0 Å². The maximum absolute atomic E-state index is 5.86. The van der Waals surface area contributed by atoms with Gasteiger partial charge in [-0.1, -0.05) is 6.08 Å². The monoisotopic (exact) mass is 243 g/mol. The van der Waals surface area contributed by atoms with Crippen LogP contribution in [0.3, 0.4) is 0 Å². The van der Waals surface area contributed by atoms with E-state index in [4.69, 9.17) is 18.9 Å². The molecule has 0 amide bonds. The van der Waals surface area contributed by atoms with Crippen LogP contribution in [-0.4, -0.2) is 50.6 Å². The fourth-order valence-corrected chi connectivity index (χ4v) is 2.32. The lowest BCUT2D eigenvalue weighted by atomic mass is 10.1. The summed E-state index contributed by atoms with van der Waals surface area (Å²) < 4.78 is 22.7. The number of hydrogen-bond acceptors (Lipinski definition) is 5. The van der Waals surface area contributed by atoms with Crippen LogP contribution in [0.2, 0.25) is 0 Å². The molecule has 1 N–H and O–H groups in total. The first kappa shape index (κ1) is 13.0. The molecule has 2 aliphatic heterocycles. The lowest BCUT2D eigenvalue weighted by Crippen LogP contribution is -2.37. The Bertz CT molecular complexity index is 282. The summed E-state index contributed by atoms with van der Waals surface area (Å²) in [6, 6.07) is 0. The van der Waals surface area contributed by atoms with Crippen molar-refractivity contribution in [3.05, 3.63) is 12.7 Å². The van der Waals surface area contributed by atoms with E-state index in [1.165, 1.54) is 0 Å². The predicted octanol–water partition coefficient (Wildman–Crippen LogP) is 0.653. The molecule has 0 spiro atoms. The molecule has 2 rings (SSSR count). The van der Waals surface area contributed by atoms with Crippen LogP contribution in [0.1, 0.15) is 13.8 Å². The second-order valence-electron chi connectivity index (χ2n) is 4.79. The van der Waals surface area contributed by atoms with Gasteiger partial charge in [-0.25, -0.2) is 0 Å². The van der Waals surface area contributed by atoms with E-state index < -0.39 is 5.79 Å². The highest BCUT2D eigenvalue weighted by atomic mass is 16.8. The number of nitrogens with one attached hydrogen (secondary N) is 1. The van der Waals surface area contributed by atoms with Crippen LogP contribution >= 0.6 is 0 Å². The fourth-order valence-electron chi connectivity index (χ4n) is 2.32. The van der Waals surface area contributed by atoms with Crippen molar-refractivity contribution >= 4 is 0 Å². The van der Waals surface area contributed by atoms with E-state index in [1.54, 1.807) is 7.11 Å². The van der Waals surface area contributed by atoms with Crippen molar-refractivity contribution < 1.29 is 18.9 Å². The van der Waals surface area contributed by atoms with Gasteiger partial charge in [0.25, 0.3) is 0 Å². The third-order valence-corrected chi connectivity index (χ3v) is 2.97. The molecule has 2 heterocycles. The van der Waals surface area contributed by atoms with Gasteiger partial charge in [0.15, 0.2) is 12.1 Å². The van der Waals surface area contributed by atoms with E-state index in [2.05, 4.69) is 11.9 Å². The molecular formula is C12H21NO4. The number of ether oxygens (including phenoxy) is 4. The SMILES string of the molecule is C=CCNC[C@@H]1O[C@H](OC)[C@@H]2OC(C)(C)O[C@H]21. The molecule has 0 bridgehead atoms. The molecule has 5 nitrogen and oxygen atoms in total. The molecule has 98 valence electrons. The predicted molar refractivity (Wildman–Crippen MR) is 62.6 cm³/mol. The van der Waals surface area contributed by atoms with Gasteiger partial charge >= 0.3 is 0 Å². The Kier molecular flexibility index (Phi) is 3.85. The number of methoxy groups -OCH3 is 1. The molecule has 4 atom stereocenters. The van der Waals surface area contributed by atoms with Gasteiger partial charge in [-0.3, -0.25) is 0 Å². The highest BCUT2D eigenvalue weighted by molar-refractivity contribution is 4.96. The third-order valence-electron chi connectivity index (χ3n) is 2.97. The summed E-state index contributed by atoms with van der Waals surface area (Å²) in [7, 11) is 1.62. The lowest BCUT2D eigenvalue weighted by molar-refractivity contribution is -0.226. The minimum Gasteiger partial charge on any atom is -0.353 e. The zero-order chi connectivity index (χ0) is 12.5. The first-order valence-electron chi connectivity index (χ1n) is 5.93. The summed E-state index contributed by atoms with van der Waals surface area (Å²) in [6.07, 6.45) is 1.19. The number of hydrogen-bond donors (Lipinski definition) is 1. The van der Waals surface area contributed by atoms with Crippen LogP contribution < -0.4 is 5.32 Å². The second kappa shape index (κ2) is 5.04. The maximum Gasteiger partial charge on any atom is 0.186 e. The number of fused-ring (bicyclic) bond motifs is 1. The van der Waals surface area contributed by atoms with Crippen molar-refractivity contribution in [3.63, 3.8) is 0 Å². The van der Waals surface area contributed by atoms with Crippen LogP contribution in [-0.2, 0) is 18.9 Å². The molecule has 0 saturated carbocycles. The smallest absolute Gasteiger partial charge is 0.186 e. The van der Waals surface area contributed by atoms with Crippen LogP contribution in [0, 0.1) is 0 Å². The summed E-state index contributed by atoms with van der Waals surface area (Å²) in [5.41, 5.74) is 0. The molecule has 2 saturated heterocycles. The molecule has 0 aromatic carbocycles. The van der Waals surface area contributed by atoms with Crippen LogP contribution in [0.25, 0.3) is 0 Å². The van der Waals surface area contributed by atoms with E-state index in [1.807, 2.05) is 19.9 Å². The lowest BCUT2D eigenvalue weighted by Gasteiger charge is -2.23. The normalized spacial score (nSPS) is 39.2. The minimum atomic E-state index is -0.563. The van der Waals surface area contributed by atoms with Gasteiger partial charge in [0, 0.05) is 20.2 Å². The second-order valence-corrected chi connectivity index (χ2v) is 4.79. The first-order valence-corrected chi connectivity index (χ1v) is 5.93. The average Bonchev–Trinajstić information content (AvgIpc) is 2.73. The van der Waals surface area contributed by atoms with Crippen LogP contribution in [0.15, 0.2) is 12.7 Å². The van der Waals surface area contributed by atoms with Crippen LogP contribution in [0.5, 0.6) is 0 Å². The zero-order valence-corrected chi connectivity index (χ0v) is 10.6. The van der Waals surface area contributed by atoms with E-state index in [9.17, 15) is 0 Å². The molecule has 0 unspecified atom stereocenters. The Labute approximate surface area is 102 Å². The van der Waals surface area contributed by atoms with E-state index in [0.717, 1.165) is 6.54 Å². The third kappa shape index (κ3) is 2.69. The molecular weight excluding hydrogens is 222 g/mol. The van der Waals surface area contributed by atoms with Gasteiger partial charge < -0.3 is 24.3 Å². The van der Waals surface area contributed by atoms with Crippen molar-refractivity contribution in [2.75, 3.05) is 20.2 Å². The molecule has 0 aromatic rings. The van der Waals surface area contributed by atoms with Gasteiger partial charge in [0.2, 0.25) is 0 Å². The highest BCUT2D eigenvalue weighted by Crippen LogP contribution is 2.38. The van der Waals surface area contributed by atoms with E-state index in [-0.39, 0.29) is 24.6 Å². The fraction of sp³-hybridized carbons (Fsp3) is 0.833. The Morgan fingerprint density at radius 3 is 2.71 bits per heavy atom. The Morgan fingerprint density at radius 1 is 1.35 bits per heavy atom. The molecule has 5 heteroatoms. The Hall–Kier alpha value is -0.460. The van der Waals surface area contributed by atoms with Gasteiger partial charge in [0.05, 0.1) is 0 Å². The van der Waals surface area contributed by atoms with Crippen LogP contribution in [0.4, 0.5) is 0 Å². The average molecular weight is 243 g/mol. The summed E-state index contributed by atoms with van der Waals surface area (Å²) in [5, 5.41) is 3.23. The van der Waals surface area contributed by atoms with E-state index in [0.29, 0.717) is 6.54 Å². The first-order chi connectivity index (χ1) is 8.07. The van der Waals surface area contributed by atoms with Crippen molar-refractivity contribution in [3.8, 4) is 0 Å². The quantitative estimate of drug-likeness (QED) is 0.567. The zero-order valence-electron chi connectivity index (χ0n) is 10.6. The summed E-state index contributed by atoms with van der Waals surface area (Å²) in [4.78, 5) is 0. The topological polar surface area (TPSA) is 49.0 Å². The van der Waals surface area contributed by atoms with Crippen molar-refractivity contribution in [2.45, 2.75) is 44.2 Å². The minimum absolute atomic E-state index is 0.0494. The molecule has 0 radical (unpaired) electrons. The molecule has 2 aliphatic rings. The molecule has 0 aromatic heterocycles. The van der Waals surface area contributed by atoms with E-state index >= 15 is 0 Å². The highest BCUT2D eigenvalue weighted by Gasteiger charge is 2.55. The van der Waals surface area contributed by atoms with Crippen molar-refractivity contribution in [2.24, 2.45) is 0 Å². The molecule has 17 heavy (non-hydrogen) atoms. The molecule has 2 fully saturated rings. The standard InChI is InChI=1S/C12H21NO4/c1-5-6-13-7-8-9-10(11(14-4)15-8)17-12(2,3)16-9/h5,8-11,13H,1,6-7H2,2-4H3/t8-,9-,10+,11-/m0/s1. The Morgan fingerprint density at radius 2 is 2.06 bits per heavy atom. The molecule has 0 aliphatic carbocycles. The van der Waals surface area contributed by atoms with Gasteiger partial charge in [0.1, 0.15) is 18.3 Å². The Balaban J connectivity index is 1.97. The summed E-state index contributed by atoms with van der Waals surface area (Å²) in [6.45, 7) is 8.93. The van der Waals surface area contributed by atoms with Gasteiger partial charge in [-0.15, -0.1) is 6.58 Å². The largest absolute Gasteiger partial charge is 0.353 e. The maximum atomic E-state index is 5.86. The summed E-state index contributed by atoms with van der Waals surface area (Å²) in [5.74, 6) is -0.563. The summed E-state index contributed by atoms with van der Waals surface area (Å²) >= 11 is 0.